The zero-order chi connectivity index (χ0) is 18.0. The summed E-state index contributed by atoms with van der Waals surface area (Å²) in [6.07, 6.45) is 0.225. The van der Waals surface area contributed by atoms with Crippen LogP contribution in [0.15, 0.2) is 24.3 Å². The third-order valence-electron chi connectivity index (χ3n) is 4.66. The lowest BCUT2D eigenvalue weighted by Crippen LogP contribution is -2.57. The molecule has 0 aromatic heterocycles. The molecule has 0 aliphatic carbocycles. The fraction of sp³-hybridized carbons (Fsp3) is 0.556. The van der Waals surface area contributed by atoms with E-state index in [9.17, 15) is 14.0 Å². The molecule has 2 heterocycles. The van der Waals surface area contributed by atoms with E-state index in [0.717, 1.165) is 6.54 Å². The standard InChI is InChI=1S/C18H24FN3O3/c1-20(2)7-8-21-10-13(9-17(21)23)18(24)22-11-16(12-22)25-15-5-3-14(19)4-6-15/h3-6,13,16H,7-12H2,1-2H3/t13-/m0/s1. The minimum atomic E-state index is -0.303. The number of nitrogens with zero attached hydrogens (tertiary/aromatic N) is 3. The van der Waals surface area contributed by atoms with Crippen LogP contribution in [0.1, 0.15) is 6.42 Å². The fourth-order valence-electron chi connectivity index (χ4n) is 3.13. The molecule has 2 aliphatic rings. The number of hydrogen-bond acceptors (Lipinski definition) is 4. The summed E-state index contributed by atoms with van der Waals surface area (Å²) in [4.78, 5) is 30.1. The highest BCUT2D eigenvalue weighted by atomic mass is 19.1. The largest absolute Gasteiger partial charge is 0.487 e. The lowest BCUT2D eigenvalue weighted by atomic mass is 10.0. The molecular weight excluding hydrogens is 325 g/mol. The predicted octanol–water partition coefficient (Wildman–Crippen LogP) is 0.825. The second-order valence-electron chi connectivity index (χ2n) is 6.98. The monoisotopic (exact) mass is 349 g/mol. The van der Waals surface area contributed by atoms with Gasteiger partial charge >= 0.3 is 0 Å². The lowest BCUT2D eigenvalue weighted by molar-refractivity contribution is -0.144. The van der Waals surface area contributed by atoms with E-state index in [0.29, 0.717) is 38.3 Å². The van der Waals surface area contributed by atoms with Gasteiger partial charge in [-0.25, -0.2) is 4.39 Å². The summed E-state index contributed by atoms with van der Waals surface area (Å²) in [6, 6.07) is 5.86. The number of carbonyl (C=O) groups excluding carboxylic acids is 2. The highest BCUT2D eigenvalue weighted by Crippen LogP contribution is 2.24. The maximum Gasteiger partial charge on any atom is 0.228 e. The second kappa shape index (κ2) is 7.39. The van der Waals surface area contributed by atoms with E-state index in [1.165, 1.54) is 12.1 Å². The van der Waals surface area contributed by atoms with Gasteiger partial charge in [-0.1, -0.05) is 0 Å². The van der Waals surface area contributed by atoms with Crippen molar-refractivity contribution in [1.29, 1.82) is 0 Å². The number of carbonyl (C=O) groups is 2. The molecule has 1 aromatic rings. The van der Waals surface area contributed by atoms with Crippen molar-refractivity contribution in [2.45, 2.75) is 12.5 Å². The Morgan fingerprint density at radius 3 is 2.56 bits per heavy atom. The number of likely N-dealkylation sites (tertiary alicyclic amines) is 2. The molecule has 7 heteroatoms. The van der Waals surface area contributed by atoms with E-state index < -0.39 is 0 Å². The second-order valence-corrected chi connectivity index (χ2v) is 6.98. The third-order valence-corrected chi connectivity index (χ3v) is 4.66. The van der Waals surface area contributed by atoms with E-state index in [1.54, 1.807) is 21.9 Å². The van der Waals surface area contributed by atoms with Crippen molar-refractivity contribution in [1.82, 2.24) is 14.7 Å². The number of benzene rings is 1. The van der Waals surface area contributed by atoms with Crippen molar-refractivity contribution in [2.24, 2.45) is 5.92 Å². The molecule has 0 bridgehead atoms. The fourth-order valence-corrected chi connectivity index (χ4v) is 3.13. The third kappa shape index (κ3) is 4.28. The molecule has 2 aliphatic heterocycles. The average Bonchev–Trinajstić information content (AvgIpc) is 2.91. The Kier molecular flexibility index (Phi) is 5.22. The van der Waals surface area contributed by atoms with Crippen LogP contribution >= 0.6 is 0 Å². The zero-order valence-corrected chi connectivity index (χ0v) is 14.7. The summed E-state index contributed by atoms with van der Waals surface area (Å²) in [5.41, 5.74) is 0. The molecule has 1 aromatic carbocycles. The van der Waals surface area contributed by atoms with Crippen LogP contribution in [0.25, 0.3) is 0 Å². The van der Waals surface area contributed by atoms with Gasteiger partial charge < -0.3 is 19.4 Å². The van der Waals surface area contributed by atoms with E-state index in [-0.39, 0.29) is 29.7 Å². The van der Waals surface area contributed by atoms with Crippen molar-refractivity contribution < 1.29 is 18.7 Å². The molecule has 1 atom stereocenters. The van der Waals surface area contributed by atoms with Crippen LogP contribution in [0.2, 0.25) is 0 Å². The van der Waals surface area contributed by atoms with Crippen LogP contribution in [0, 0.1) is 11.7 Å². The topological polar surface area (TPSA) is 53.1 Å². The molecule has 0 spiro atoms. The number of ether oxygens (including phenoxy) is 1. The van der Waals surface area contributed by atoms with Crippen molar-refractivity contribution in [3.8, 4) is 5.75 Å². The van der Waals surface area contributed by atoms with Crippen LogP contribution in [0.4, 0.5) is 4.39 Å². The van der Waals surface area contributed by atoms with Gasteiger partial charge in [0.25, 0.3) is 0 Å². The maximum atomic E-state index is 12.9. The molecule has 25 heavy (non-hydrogen) atoms. The van der Waals surface area contributed by atoms with Crippen LogP contribution in [0.5, 0.6) is 5.75 Å². The number of amides is 2. The first kappa shape index (κ1) is 17.7. The summed E-state index contributed by atoms with van der Waals surface area (Å²) in [5, 5.41) is 0. The Hall–Kier alpha value is -2.15. The summed E-state index contributed by atoms with van der Waals surface area (Å²) in [7, 11) is 3.93. The average molecular weight is 349 g/mol. The number of likely N-dealkylation sites (N-methyl/N-ethyl adjacent to an activating group) is 1. The van der Waals surface area contributed by atoms with Gasteiger partial charge in [0.15, 0.2) is 0 Å². The van der Waals surface area contributed by atoms with Crippen LogP contribution in [-0.2, 0) is 9.59 Å². The SMILES string of the molecule is CN(C)CCN1C[C@@H](C(=O)N2CC(Oc3ccc(F)cc3)C2)CC1=O. The summed E-state index contributed by atoms with van der Waals surface area (Å²) < 4.78 is 18.6. The summed E-state index contributed by atoms with van der Waals surface area (Å²) >= 11 is 0. The van der Waals surface area contributed by atoms with E-state index in [2.05, 4.69) is 0 Å². The highest BCUT2D eigenvalue weighted by molar-refractivity contribution is 5.89. The summed E-state index contributed by atoms with van der Waals surface area (Å²) in [5.74, 6) is 0.132. The molecule has 2 amide bonds. The molecule has 136 valence electrons. The van der Waals surface area contributed by atoms with Gasteiger partial charge in [0.2, 0.25) is 11.8 Å². The number of rotatable bonds is 6. The van der Waals surface area contributed by atoms with Crippen molar-refractivity contribution in [2.75, 3.05) is 46.8 Å². The van der Waals surface area contributed by atoms with Gasteiger partial charge in [0.1, 0.15) is 17.7 Å². The van der Waals surface area contributed by atoms with Gasteiger partial charge in [-0.15, -0.1) is 0 Å². The first-order valence-corrected chi connectivity index (χ1v) is 8.56. The Labute approximate surface area is 147 Å². The minimum Gasteiger partial charge on any atom is -0.487 e. The molecule has 6 nitrogen and oxygen atoms in total. The zero-order valence-electron chi connectivity index (χ0n) is 14.7. The van der Waals surface area contributed by atoms with Crippen molar-refractivity contribution in [3.05, 3.63) is 30.1 Å². The molecule has 0 unspecified atom stereocenters. The smallest absolute Gasteiger partial charge is 0.228 e. The highest BCUT2D eigenvalue weighted by Gasteiger charge is 2.40. The van der Waals surface area contributed by atoms with E-state index >= 15 is 0 Å². The molecule has 0 saturated carbocycles. The van der Waals surface area contributed by atoms with Crippen LogP contribution < -0.4 is 4.74 Å². The van der Waals surface area contributed by atoms with Crippen LogP contribution in [0.3, 0.4) is 0 Å². The van der Waals surface area contributed by atoms with Crippen molar-refractivity contribution in [3.63, 3.8) is 0 Å². The predicted molar refractivity (Wildman–Crippen MR) is 90.6 cm³/mol. The first-order chi connectivity index (χ1) is 11.9. The van der Waals surface area contributed by atoms with E-state index in [1.807, 2.05) is 19.0 Å². The molecule has 2 fully saturated rings. The molecule has 2 saturated heterocycles. The van der Waals surface area contributed by atoms with Gasteiger partial charge in [-0.2, -0.15) is 0 Å². The van der Waals surface area contributed by atoms with Gasteiger partial charge in [-0.05, 0) is 38.4 Å². The van der Waals surface area contributed by atoms with Gasteiger partial charge in [-0.3, -0.25) is 9.59 Å². The Bertz CT molecular complexity index is 629. The minimum absolute atomic E-state index is 0.0275. The van der Waals surface area contributed by atoms with E-state index in [4.69, 9.17) is 4.74 Å². The quantitative estimate of drug-likeness (QED) is 0.763. The Morgan fingerprint density at radius 2 is 1.92 bits per heavy atom. The lowest BCUT2D eigenvalue weighted by Gasteiger charge is -2.40. The molecular formula is C18H24FN3O3. The summed E-state index contributed by atoms with van der Waals surface area (Å²) in [6.45, 7) is 2.98. The first-order valence-electron chi connectivity index (χ1n) is 8.56. The normalized spacial score (nSPS) is 21.0. The molecule has 0 N–H and O–H groups in total. The Morgan fingerprint density at radius 1 is 1.24 bits per heavy atom. The van der Waals surface area contributed by atoms with Gasteiger partial charge in [0, 0.05) is 26.1 Å². The van der Waals surface area contributed by atoms with Gasteiger partial charge in [0.05, 0.1) is 19.0 Å². The van der Waals surface area contributed by atoms with Crippen molar-refractivity contribution >= 4 is 11.8 Å². The van der Waals surface area contributed by atoms with Crippen LogP contribution in [-0.4, -0.2) is 79.4 Å². The maximum absolute atomic E-state index is 12.9. The number of hydrogen-bond donors (Lipinski definition) is 0. The Balaban J connectivity index is 1.44. The molecule has 0 radical (unpaired) electrons. The molecule has 3 rings (SSSR count). The number of halogens is 1.